The minimum atomic E-state index is -3.91. The lowest BCUT2D eigenvalue weighted by Gasteiger charge is -2.11. The van der Waals surface area contributed by atoms with Gasteiger partial charge in [-0.1, -0.05) is 48.9 Å². The van der Waals surface area contributed by atoms with Gasteiger partial charge in [0, 0.05) is 41.9 Å². The zero-order valence-corrected chi connectivity index (χ0v) is 26.5. The number of carbonyl (C=O) groups is 2. The molecule has 1 amide bonds. The molecule has 1 aliphatic rings. The van der Waals surface area contributed by atoms with E-state index in [4.69, 9.17) is 9.15 Å². The predicted octanol–water partition coefficient (Wildman–Crippen LogP) is 5.09. The maximum Gasteiger partial charge on any atom is 0.345 e. The van der Waals surface area contributed by atoms with Gasteiger partial charge >= 0.3 is 11.6 Å². The van der Waals surface area contributed by atoms with Crippen molar-refractivity contribution in [2.75, 3.05) is 18.5 Å². The SMILES string of the molecule is O=C(COC(=O)C=Cc1cn(-c2ccccc2)nc1-c1cc2ccccc2oc1=O)Nc1cccc(S(=O)(=O)NC2=NCCCCC2)c1. The third kappa shape index (κ3) is 7.76. The Bertz CT molecular complexity index is 2210. The molecule has 244 valence electrons. The molecule has 0 bridgehead atoms. The fourth-order valence-electron chi connectivity index (χ4n) is 5.11. The fourth-order valence-corrected chi connectivity index (χ4v) is 6.25. The number of fused-ring (bicyclic) bond motifs is 1. The van der Waals surface area contributed by atoms with Crippen LogP contribution in [0.15, 0.2) is 116 Å². The second kappa shape index (κ2) is 14.3. The summed E-state index contributed by atoms with van der Waals surface area (Å²) in [6.45, 7) is -0.0539. The number of amidine groups is 1. The number of hydrogen-bond acceptors (Lipinski definition) is 9. The Balaban J connectivity index is 1.14. The van der Waals surface area contributed by atoms with Crippen LogP contribution in [0.3, 0.4) is 0 Å². The van der Waals surface area contributed by atoms with Gasteiger partial charge in [0.05, 0.1) is 16.1 Å². The molecular formula is C35H31N5O7S. The van der Waals surface area contributed by atoms with Crippen molar-refractivity contribution in [3.8, 4) is 16.9 Å². The average molecular weight is 666 g/mol. The molecule has 0 saturated heterocycles. The zero-order valence-electron chi connectivity index (χ0n) is 25.7. The number of nitrogens with zero attached hydrogens (tertiary/aromatic N) is 3. The maximum atomic E-state index is 13.0. The lowest BCUT2D eigenvalue weighted by Crippen LogP contribution is -2.30. The molecule has 0 atom stereocenters. The first-order valence-corrected chi connectivity index (χ1v) is 16.7. The smallest absolute Gasteiger partial charge is 0.345 e. The van der Waals surface area contributed by atoms with Gasteiger partial charge in [-0.25, -0.2) is 22.7 Å². The van der Waals surface area contributed by atoms with Gasteiger partial charge in [0.15, 0.2) is 6.61 Å². The maximum absolute atomic E-state index is 13.0. The van der Waals surface area contributed by atoms with Gasteiger partial charge in [0.2, 0.25) is 0 Å². The molecule has 0 aliphatic carbocycles. The molecule has 3 heterocycles. The lowest BCUT2D eigenvalue weighted by molar-refractivity contribution is -0.142. The Kier molecular flexibility index (Phi) is 9.57. The highest BCUT2D eigenvalue weighted by molar-refractivity contribution is 7.90. The molecule has 6 rings (SSSR count). The van der Waals surface area contributed by atoms with Crippen molar-refractivity contribution >= 4 is 50.5 Å². The van der Waals surface area contributed by atoms with Crippen LogP contribution < -0.4 is 15.7 Å². The summed E-state index contributed by atoms with van der Waals surface area (Å²) in [4.78, 5) is 42.5. The van der Waals surface area contributed by atoms with Gasteiger partial charge in [-0.2, -0.15) is 5.10 Å². The third-order valence-corrected chi connectivity index (χ3v) is 8.84. The number of para-hydroxylation sites is 2. The number of esters is 1. The molecule has 48 heavy (non-hydrogen) atoms. The first-order chi connectivity index (χ1) is 23.2. The van der Waals surface area contributed by atoms with Crippen LogP contribution >= 0.6 is 0 Å². The van der Waals surface area contributed by atoms with Crippen LogP contribution in [-0.2, 0) is 24.3 Å². The van der Waals surface area contributed by atoms with Crippen LogP contribution in [0.5, 0.6) is 0 Å². The largest absolute Gasteiger partial charge is 0.452 e. The number of rotatable bonds is 9. The highest BCUT2D eigenvalue weighted by Crippen LogP contribution is 2.26. The second-order valence-electron chi connectivity index (χ2n) is 11.0. The molecule has 0 saturated carbocycles. The summed E-state index contributed by atoms with van der Waals surface area (Å²) in [5, 5.41) is 7.87. The van der Waals surface area contributed by atoms with Gasteiger partial charge < -0.3 is 14.5 Å². The molecule has 0 radical (unpaired) electrons. The normalized spacial score (nSPS) is 13.5. The summed E-state index contributed by atoms with van der Waals surface area (Å²) in [5.74, 6) is -1.07. The second-order valence-corrected chi connectivity index (χ2v) is 12.6. The number of aliphatic imine (C=N–C) groups is 1. The molecule has 0 spiro atoms. The van der Waals surface area contributed by atoms with Gasteiger partial charge in [-0.05, 0) is 61.4 Å². The average Bonchev–Trinajstić information content (AvgIpc) is 3.35. The van der Waals surface area contributed by atoms with Gasteiger partial charge in [0.25, 0.3) is 15.9 Å². The number of anilines is 1. The molecule has 1 aliphatic heterocycles. The Hall–Kier alpha value is -5.82. The number of hydrogen-bond donors (Lipinski definition) is 2. The van der Waals surface area contributed by atoms with Crippen LogP contribution in [-0.4, -0.2) is 49.1 Å². The van der Waals surface area contributed by atoms with Crippen LogP contribution in [0.2, 0.25) is 0 Å². The number of sulfonamides is 1. The van der Waals surface area contributed by atoms with Crippen molar-refractivity contribution in [2.24, 2.45) is 4.99 Å². The number of nitrogens with one attached hydrogen (secondary N) is 2. The summed E-state index contributed by atoms with van der Waals surface area (Å²) in [6.07, 6.45) is 7.53. The van der Waals surface area contributed by atoms with Crippen LogP contribution in [0.1, 0.15) is 31.2 Å². The summed E-state index contributed by atoms with van der Waals surface area (Å²) in [6, 6.07) is 23.8. The van der Waals surface area contributed by atoms with E-state index in [1.165, 1.54) is 30.3 Å². The minimum absolute atomic E-state index is 0.0421. The third-order valence-electron chi connectivity index (χ3n) is 7.46. The Morgan fingerprint density at radius 2 is 1.77 bits per heavy atom. The number of benzene rings is 3. The monoisotopic (exact) mass is 665 g/mol. The highest BCUT2D eigenvalue weighted by Gasteiger charge is 2.19. The van der Waals surface area contributed by atoms with Crippen molar-refractivity contribution in [3.05, 3.63) is 113 Å². The van der Waals surface area contributed by atoms with E-state index < -0.39 is 34.1 Å². The number of amides is 1. The lowest BCUT2D eigenvalue weighted by atomic mass is 10.1. The first kappa shape index (κ1) is 32.1. The van der Waals surface area contributed by atoms with Gasteiger partial charge in [0.1, 0.15) is 17.1 Å². The summed E-state index contributed by atoms with van der Waals surface area (Å²) < 4.78 is 40.6. The van der Waals surface area contributed by atoms with Gasteiger partial charge in [-0.3, -0.25) is 14.5 Å². The van der Waals surface area contributed by atoms with E-state index in [1.54, 1.807) is 29.1 Å². The Labute approximate surface area is 275 Å². The number of ether oxygens (including phenoxy) is 1. The van der Waals surface area contributed by atoms with Crippen molar-refractivity contribution in [2.45, 2.75) is 30.6 Å². The van der Waals surface area contributed by atoms with Crippen LogP contribution in [0.4, 0.5) is 5.69 Å². The minimum Gasteiger partial charge on any atom is -0.452 e. The molecule has 0 fully saturated rings. The predicted molar refractivity (Wildman–Crippen MR) is 181 cm³/mol. The Morgan fingerprint density at radius 1 is 0.958 bits per heavy atom. The van der Waals surface area contributed by atoms with Crippen molar-refractivity contribution in [1.82, 2.24) is 14.5 Å². The number of aromatic nitrogens is 2. The molecule has 0 unspecified atom stereocenters. The topological polar surface area (TPSA) is 162 Å². The standard InChI is InChI=1S/C35H31N5O7S/c41-32(37-26-11-9-14-28(21-26)48(44,45)39-31-16-5-2-8-19-36-31)23-46-33(42)18-17-25-22-40(27-12-3-1-4-13-27)38-34(25)29-20-24-10-6-7-15-30(24)47-35(29)43/h1,3-4,6-7,9-15,17-18,20-22H,2,5,8,16,19,23H2,(H,36,39)(H,37,41). The molecule has 2 N–H and O–H groups in total. The van der Waals surface area contributed by atoms with E-state index in [0.717, 1.165) is 31.0 Å². The van der Waals surface area contributed by atoms with Crippen LogP contribution in [0.25, 0.3) is 34.0 Å². The summed E-state index contributed by atoms with van der Waals surface area (Å²) >= 11 is 0. The molecule has 5 aromatic rings. The van der Waals surface area contributed by atoms with E-state index in [1.807, 2.05) is 42.5 Å². The van der Waals surface area contributed by atoms with Crippen molar-refractivity contribution < 1.29 is 27.2 Å². The van der Waals surface area contributed by atoms with E-state index in [-0.39, 0.29) is 21.8 Å². The Morgan fingerprint density at radius 3 is 2.62 bits per heavy atom. The summed E-state index contributed by atoms with van der Waals surface area (Å²) in [5.41, 5.74) is 1.71. The molecular weight excluding hydrogens is 634 g/mol. The highest BCUT2D eigenvalue weighted by atomic mass is 32.2. The quantitative estimate of drug-likeness (QED) is 0.125. The molecule has 3 aromatic carbocycles. The van der Waals surface area contributed by atoms with Crippen LogP contribution in [0, 0.1) is 0 Å². The van der Waals surface area contributed by atoms with E-state index >= 15 is 0 Å². The number of carbonyl (C=O) groups excluding carboxylic acids is 2. The van der Waals surface area contributed by atoms with E-state index in [9.17, 15) is 22.8 Å². The molecule has 2 aromatic heterocycles. The van der Waals surface area contributed by atoms with Crippen molar-refractivity contribution in [3.63, 3.8) is 0 Å². The molecule has 12 nitrogen and oxygen atoms in total. The zero-order chi connectivity index (χ0) is 33.5. The van der Waals surface area contributed by atoms with Crippen molar-refractivity contribution in [1.29, 1.82) is 0 Å². The first-order valence-electron chi connectivity index (χ1n) is 15.2. The summed E-state index contributed by atoms with van der Waals surface area (Å²) in [7, 11) is -3.91. The van der Waals surface area contributed by atoms with Gasteiger partial charge in [-0.15, -0.1) is 0 Å². The van der Waals surface area contributed by atoms with E-state index in [2.05, 4.69) is 20.1 Å². The van der Waals surface area contributed by atoms with E-state index in [0.29, 0.717) is 35.3 Å². The fraction of sp³-hybridized carbons (Fsp3) is 0.171. The molecule has 13 heteroatoms.